The van der Waals surface area contributed by atoms with E-state index in [0.29, 0.717) is 17.0 Å². The maximum Gasteiger partial charge on any atom is 0.0820 e. The van der Waals surface area contributed by atoms with Crippen LogP contribution in [0.5, 0.6) is 0 Å². The van der Waals surface area contributed by atoms with E-state index in [2.05, 4.69) is 43.1 Å². The van der Waals surface area contributed by atoms with Crippen LogP contribution in [0.15, 0.2) is 18.5 Å². The van der Waals surface area contributed by atoms with Gasteiger partial charge in [0.2, 0.25) is 0 Å². The Labute approximate surface area is 109 Å². The normalized spacial score (nSPS) is 13.1. The largest absolute Gasteiger partial charge is 0.380 e. The van der Waals surface area contributed by atoms with Crippen molar-refractivity contribution >= 4 is 17.3 Å². The quantitative estimate of drug-likeness (QED) is 0.847. The molecular formula is C13H22ClN3. The van der Waals surface area contributed by atoms with E-state index in [0.717, 1.165) is 18.7 Å². The molecule has 0 saturated carbocycles. The standard InChI is InChI=1S/C13H22ClN3/c1-10(2)7-11(9-17(3)4)16-13-5-6-15-8-12(13)14/h5-6,8,10-11H,7,9H2,1-4H3,(H,15,16). The van der Waals surface area contributed by atoms with Crippen LogP contribution in [-0.4, -0.2) is 36.6 Å². The molecule has 0 fully saturated rings. The Balaban J connectivity index is 2.68. The summed E-state index contributed by atoms with van der Waals surface area (Å²) in [6, 6.07) is 2.33. The van der Waals surface area contributed by atoms with Gasteiger partial charge in [0.1, 0.15) is 0 Å². The molecule has 0 aliphatic heterocycles. The highest BCUT2D eigenvalue weighted by molar-refractivity contribution is 6.33. The van der Waals surface area contributed by atoms with Crippen LogP contribution in [0.2, 0.25) is 5.02 Å². The van der Waals surface area contributed by atoms with Crippen LogP contribution < -0.4 is 5.32 Å². The van der Waals surface area contributed by atoms with Crippen LogP contribution in [0.4, 0.5) is 5.69 Å². The molecule has 0 saturated heterocycles. The zero-order valence-electron chi connectivity index (χ0n) is 11.1. The van der Waals surface area contributed by atoms with E-state index in [-0.39, 0.29) is 0 Å². The Hall–Kier alpha value is -0.800. The third-order valence-electron chi connectivity index (χ3n) is 2.47. The Kier molecular flexibility index (Phi) is 5.72. The molecule has 0 aliphatic rings. The van der Waals surface area contributed by atoms with Crippen LogP contribution >= 0.6 is 11.6 Å². The van der Waals surface area contributed by atoms with Crippen molar-refractivity contribution in [1.82, 2.24) is 9.88 Å². The fourth-order valence-electron chi connectivity index (χ4n) is 1.90. The molecule has 0 spiro atoms. The summed E-state index contributed by atoms with van der Waals surface area (Å²) >= 11 is 6.10. The van der Waals surface area contributed by atoms with Gasteiger partial charge in [-0.1, -0.05) is 25.4 Å². The monoisotopic (exact) mass is 255 g/mol. The molecule has 1 unspecified atom stereocenters. The van der Waals surface area contributed by atoms with E-state index in [4.69, 9.17) is 11.6 Å². The lowest BCUT2D eigenvalue weighted by Gasteiger charge is -2.25. The average Bonchev–Trinajstić information content (AvgIpc) is 2.19. The smallest absolute Gasteiger partial charge is 0.0820 e. The van der Waals surface area contributed by atoms with Crippen LogP contribution in [0, 0.1) is 5.92 Å². The minimum atomic E-state index is 0.407. The second-order valence-electron chi connectivity index (χ2n) is 5.09. The summed E-state index contributed by atoms with van der Waals surface area (Å²) < 4.78 is 0. The molecule has 1 N–H and O–H groups in total. The maximum absolute atomic E-state index is 6.10. The lowest BCUT2D eigenvalue weighted by atomic mass is 10.0. The first-order valence-electron chi connectivity index (χ1n) is 5.99. The minimum Gasteiger partial charge on any atom is -0.380 e. The highest BCUT2D eigenvalue weighted by Crippen LogP contribution is 2.21. The number of nitrogens with zero attached hydrogens (tertiary/aromatic N) is 2. The SMILES string of the molecule is CC(C)CC(CN(C)C)Nc1ccncc1Cl. The van der Waals surface area contributed by atoms with Crippen LogP contribution in [-0.2, 0) is 0 Å². The highest BCUT2D eigenvalue weighted by Gasteiger charge is 2.13. The number of hydrogen-bond donors (Lipinski definition) is 1. The summed E-state index contributed by atoms with van der Waals surface area (Å²) in [5.41, 5.74) is 0.967. The summed E-state index contributed by atoms with van der Waals surface area (Å²) in [4.78, 5) is 6.18. The van der Waals surface area contributed by atoms with Crippen LogP contribution in [0.3, 0.4) is 0 Å². The van der Waals surface area contributed by atoms with Crippen molar-refractivity contribution in [3.63, 3.8) is 0 Å². The van der Waals surface area contributed by atoms with Crippen molar-refractivity contribution < 1.29 is 0 Å². The zero-order chi connectivity index (χ0) is 12.8. The molecule has 1 atom stereocenters. The number of pyridine rings is 1. The predicted molar refractivity (Wildman–Crippen MR) is 74.7 cm³/mol. The molecule has 0 amide bonds. The molecule has 0 aliphatic carbocycles. The second-order valence-corrected chi connectivity index (χ2v) is 5.50. The average molecular weight is 256 g/mol. The van der Waals surface area contributed by atoms with E-state index < -0.39 is 0 Å². The second kappa shape index (κ2) is 6.82. The van der Waals surface area contributed by atoms with Crippen LogP contribution in [0.25, 0.3) is 0 Å². The molecule has 96 valence electrons. The number of likely N-dealkylation sites (N-methyl/N-ethyl adjacent to an activating group) is 1. The first-order valence-corrected chi connectivity index (χ1v) is 6.37. The van der Waals surface area contributed by atoms with Gasteiger partial charge < -0.3 is 10.2 Å². The molecule has 1 rings (SSSR count). The Morgan fingerprint density at radius 2 is 2.12 bits per heavy atom. The van der Waals surface area contributed by atoms with E-state index >= 15 is 0 Å². The summed E-state index contributed by atoms with van der Waals surface area (Å²) in [6.07, 6.45) is 4.55. The van der Waals surface area contributed by atoms with Gasteiger partial charge in [-0.25, -0.2) is 0 Å². The van der Waals surface area contributed by atoms with Crippen molar-refractivity contribution in [1.29, 1.82) is 0 Å². The number of halogens is 1. The molecule has 0 bridgehead atoms. The first-order chi connectivity index (χ1) is 7.99. The van der Waals surface area contributed by atoms with E-state index in [1.165, 1.54) is 0 Å². The molecule has 4 heteroatoms. The van der Waals surface area contributed by atoms with Crippen molar-refractivity contribution in [3.05, 3.63) is 23.5 Å². The summed E-state index contributed by atoms with van der Waals surface area (Å²) in [7, 11) is 4.17. The zero-order valence-corrected chi connectivity index (χ0v) is 11.8. The lowest BCUT2D eigenvalue weighted by molar-refractivity contribution is 0.356. The van der Waals surface area contributed by atoms with Gasteiger partial charge in [0.05, 0.1) is 10.7 Å². The van der Waals surface area contributed by atoms with E-state index in [9.17, 15) is 0 Å². The van der Waals surface area contributed by atoms with E-state index in [1.54, 1.807) is 12.4 Å². The Bertz CT molecular complexity index is 329. The summed E-state index contributed by atoms with van der Waals surface area (Å²) in [5, 5.41) is 4.18. The number of hydrogen-bond acceptors (Lipinski definition) is 3. The van der Waals surface area contributed by atoms with Gasteiger partial charge in [-0.05, 0) is 32.5 Å². The molecule has 0 aromatic carbocycles. The van der Waals surface area contributed by atoms with Crippen molar-refractivity contribution in [2.45, 2.75) is 26.3 Å². The van der Waals surface area contributed by atoms with Crippen molar-refractivity contribution in [3.8, 4) is 0 Å². The Morgan fingerprint density at radius 3 is 2.65 bits per heavy atom. The fourth-order valence-corrected chi connectivity index (χ4v) is 2.07. The highest BCUT2D eigenvalue weighted by atomic mass is 35.5. The third-order valence-corrected chi connectivity index (χ3v) is 2.77. The summed E-state index contributed by atoms with van der Waals surface area (Å²) in [6.45, 7) is 5.47. The van der Waals surface area contributed by atoms with E-state index in [1.807, 2.05) is 6.07 Å². The molecule has 3 nitrogen and oxygen atoms in total. The summed E-state index contributed by atoms with van der Waals surface area (Å²) in [5.74, 6) is 0.660. The van der Waals surface area contributed by atoms with Crippen molar-refractivity contribution in [2.75, 3.05) is 26.0 Å². The number of nitrogens with one attached hydrogen (secondary N) is 1. The van der Waals surface area contributed by atoms with Gasteiger partial charge in [-0.3, -0.25) is 4.98 Å². The number of rotatable bonds is 6. The lowest BCUT2D eigenvalue weighted by Crippen LogP contribution is -2.33. The minimum absolute atomic E-state index is 0.407. The van der Waals surface area contributed by atoms with Gasteiger partial charge in [0.15, 0.2) is 0 Å². The molecule has 17 heavy (non-hydrogen) atoms. The molecular weight excluding hydrogens is 234 g/mol. The first kappa shape index (κ1) is 14.3. The number of aromatic nitrogens is 1. The van der Waals surface area contributed by atoms with Gasteiger partial charge in [0.25, 0.3) is 0 Å². The van der Waals surface area contributed by atoms with Crippen molar-refractivity contribution in [2.24, 2.45) is 5.92 Å². The van der Waals surface area contributed by atoms with Gasteiger partial charge in [-0.2, -0.15) is 0 Å². The predicted octanol–water partition coefficient (Wildman–Crippen LogP) is 3.12. The van der Waals surface area contributed by atoms with Gasteiger partial charge >= 0.3 is 0 Å². The maximum atomic E-state index is 6.10. The van der Waals surface area contributed by atoms with Gasteiger partial charge in [-0.15, -0.1) is 0 Å². The third kappa shape index (κ3) is 5.37. The van der Waals surface area contributed by atoms with Crippen LogP contribution in [0.1, 0.15) is 20.3 Å². The fraction of sp³-hybridized carbons (Fsp3) is 0.615. The Morgan fingerprint density at radius 1 is 1.41 bits per heavy atom. The van der Waals surface area contributed by atoms with Gasteiger partial charge in [0, 0.05) is 25.0 Å². The molecule has 0 radical (unpaired) electrons. The number of anilines is 1. The molecule has 1 aromatic heterocycles. The molecule has 1 aromatic rings. The topological polar surface area (TPSA) is 28.2 Å². The molecule has 1 heterocycles.